The standard InChI is InChI=1S/C11H12O3/c1-13-9-4-2-8(3-5-9)11-10(12)6-7-14-11/h2-7,10-12H,1H3. The molecule has 1 aliphatic heterocycles. The number of hydrogen-bond acceptors (Lipinski definition) is 3. The van der Waals surface area contributed by atoms with Crippen molar-refractivity contribution in [3.05, 3.63) is 42.2 Å². The molecule has 0 aliphatic carbocycles. The monoisotopic (exact) mass is 192 g/mol. The average Bonchev–Trinajstić information content (AvgIpc) is 2.65. The van der Waals surface area contributed by atoms with E-state index in [1.807, 2.05) is 24.3 Å². The molecule has 1 heterocycles. The molecular formula is C11H12O3. The van der Waals surface area contributed by atoms with Crippen molar-refractivity contribution in [2.45, 2.75) is 12.2 Å². The van der Waals surface area contributed by atoms with Crippen molar-refractivity contribution >= 4 is 0 Å². The van der Waals surface area contributed by atoms with Crippen molar-refractivity contribution in [2.24, 2.45) is 0 Å². The highest BCUT2D eigenvalue weighted by Crippen LogP contribution is 2.28. The Hall–Kier alpha value is -1.48. The van der Waals surface area contributed by atoms with Crippen LogP contribution in [0.4, 0.5) is 0 Å². The smallest absolute Gasteiger partial charge is 0.152 e. The van der Waals surface area contributed by atoms with Crippen LogP contribution >= 0.6 is 0 Å². The molecule has 1 aromatic rings. The fraction of sp³-hybridized carbons (Fsp3) is 0.273. The summed E-state index contributed by atoms with van der Waals surface area (Å²) >= 11 is 0. The minimum atomic E-state index is -0.552. The van der Waals surface area contributed by atoms with Gasteiger partial charge in [0, 0.05) is 0 Å². The van der Waals surface area contributed by atoms with E-state index in [4.69, 9.17) is 9.47 Å². The van der Waals surface area contributed by atoms with Gasteiger partial charge in [0.25, 0.3) is 0 Å². The molecule has 2 atom stereocenters. The first-order valence-electron chi connectivity index (χ1n) is 4.45. The quantitative estimate of drug-likeness (QED) is 0.774. The van der Waals surface area contributed by atoms with E-state index in [1.165, 1.54) is 6.26 Å². The van der Waals surface area contributed by atoms with Crippen molar-refractivity contribution in [3.8, 4) is 5.75 Å². The van der Waals surface area contributed by atoms with Crippen molar-refractivity contribution in [1.29, 1.82) is 0 Å². The molecule has 0 amide bonds. The minimum absolute atomic E-state index is 0.277. The maximum absolute atomic E-state index is 9.53. The van der Waals surface area contributed by atoms with Crippen LogP contribution in [-0.4, -0.2) is 18.3 Å². The number of ether oxygens (including phenoxy) is 2. The summed E-state index contributed by atoms with van der Waals surface area (Å²) in [5, 5.41) is 9.53. The van der Waals surface area contributed by atoms with Gasteiger partial charge in [-0.15, -0.1) is 0 Å². The second kappa shape index (κ2) is 3.72. The summed E-state index contributed by atoms with van der Waals surface area (Å²) in [7, 11) is 1.62. The maximum Gasteiger partial charge on any atom is 0.152 e. The summed E-state index contributed by atoms with van der Waals surface area (Å²) in [5.74, 6) is 0.800. The molecule has 0 spiro atoms. The average molecular weight is 192 g/mol. The number of aliphatic hydroxyl groups excluding tert-OH is 1. The predicted octanol–water partition coefficient (Wildman–Crippen LogP) is 1.64. The summed E-state index contributed by atoms with van der Waals surface area (Å²) in [5.41, 5.74) is 0.948. The largest absolute Gasteiger partial charge is 0.497 e. The van der Waals surface area contributed by atoms with E-state index < -0.39 is 6.10 Å². The molecule has 2 unspecified atom stereocenters. The van der Waals surface area contributed by atoms with Crippen molar-refractivity contribution in [2.75, 3.05) is 7.11 Å². The second-order valence-corrected chi connectivity index (χ2v) is 3.15. The summed E-state index contributed by atoms with van der Waals surface area (Å²) < 4.78 is 10.3. The third-order valence-electron chi connectivity index (χ3n) is 2.26. The van der Waals surface area contributed by atoms with Crippen LogP contribution in [0.2, 0.25) is 0 Å². The van der Waals surface area contributed by atoms with E-state index in [-0.39, 0.29) is 6.10 Å². The fourth-order valence-electron chi connectivity index (χ4n) is 1.46. The van der Waals surface area contributed by atoms with Gasteiger partial charge in [-0.05, 0) is 23.8 Å². The number of aliphatic hydroxyl groups is 1. The molecule has 0 saturated heterocycles. The van der Waals surface area contributed by atoms with Crippen LogP contribution in [0.15, 0.2) is 36.6 Å². The fourth-order valence-corrected chi connectivity index (χ4v) is 1.46. The van der Waals surface area contributed by atoms with Gasteiger partial charge in [0.05, 0.1) is 13.4 Å². The summed E-state index contributed by atoms with van der Waals surface area (Å²) in [6, 6.07) is 7.48. The number of benzene rings is 1. The SMILES string of the molecule is COc1ccc(C2OC=CC2O)cc1. The highest BCUT2D eigenvalue weighted by Gasteiger charge is 2.23. The molecule has 3 nitrogen and oxygen atoms in total. The third-order valence-corrected chi connectivity index (χ3v) is 2.26. The Balaban J connectivity index is 2.17. The zero-order chi connectivity index (χ0) is 9.97. The Morgan fingerprint density at radius 3 is 2.50 bits per heavy atom. The van der Waals surface area contributed by atoms with Gasteiger partial charge < -0.3 is 14.6 Å². The lowest BCUT2D eigenvalue weighted by Gasteiger charge is -2.14. The molecule has 0 aromatic heterocycles. The van der Waals surface area contributed by atoms with E-state index >= 15 is 0 Å². The zero-order valence-electron chi connectivity index (χ0n) is 7.88. The summed E-state index contributed by atoms with van der Waals surface area (Å²) in [6.45, 7) is 0. The molecule has 0 saturated carbocycles. The van der Waals surface area contributed by atoms with Gasteiger partial charge >= 0.3 is 0 Å². The third kappa shape index (κ3) is 1.59. The second-order valence-electron chi connectivity index (χ2n) is 3.15. The Morgan fingerprint density at radius 1 is 1.29 bits per heavy atom. The number of methoxy groups -OCH3 is 1. The lowest BCUT2D eigenvalue weighted by Crippen LogP contribution is -2.12. The van der Waals surface area contributed by atoms with Crippen LogP contribution in [0.5, 0.6) is 5.75 Å². The Bertz CT molecular complexity index is 329. The molecule has 74 valence electrons. The van der Waals surface area contributed by atoms with Crippen LogP contribution in [0.1, 0.15) is 11.7 Å². The maximum atomic E-state index is 9.53. The van der Waals surface area contributed by atoms with Crippen LogP contribution < -0.4 is 4.74 Å². The van der Waals surface area contributed by atoms with E-state index in [0.29, 0.717) is 0 Å². The molecular weight excluding hydrogens is 180 g/mol. The van der Waals surface area contributed by atoms with Gasteiger partial charge in [-0.3, -0.25) is 0 Å². The first-order valence-corrected chi connectivity index (χ1v) is 4.45. The molecule has 1 aromatic carbocycles. The highest BCUT2D eigenvalue weighted by molar-refractivity contribution is 5.30. The normalized spacial score (nSPS) is 24.7. The lowest BCUT2D eigenvalue weighted by atomic mass is 10.1. The molecule has 0 radical (unpaired) electrons. The molecule has 1 N–H and O–H groups in total. The van der Waals surface area contributed by atoms with Crippen molar-refractivity contribution in [3.63, 3.8) is 0 Å². The highest BCUT2D eigenvalue weighted by atomic mass is 16.5. The minimum Gasteiger partial charge on any atom is -0.497 e. The van der Waals surface area contributed by atoms with Gasteiger partial charge in [0.2, 0.25) is 0 Å². The predicted molar refractivity (Wildman–Crippen MR) is 52.0 cm³/mol. The van der Waals surface area contributed by atoms with Gasteiger partial charge in [-0.2, -0.15) is 0 Å². The van der Waals surface area contributed by atoms with E-state index in [0.717, 1.165) is 11.3 Å². The number of rotatable bonds is 2. The first kappa shape index (κ1) is 9.09. The van der Waals surface area contributed by atoms with E-state index in [2.05, 4.69) is 0 Å². The van der Waals surface area contributed by atoms with E-state index in [1.54, 1.807) is 13.2 Å². The van der Waals surface area contributed by atoms with Crippen LogP contribution in [0, 0.1) is 0 Å². The Kier molecular flexibility index (Phi) is 2.41. The zero-order valence-corrected chi connectivity index (χ0v) is 7.88. The van der Waals surface area contributed by atoms with Gasteiger partial charge in [0.1, 0.15) is 11.9 Å². The van der Waals surface area contributed by atoms with E-state index in [9.17, 15) is 5.11 Å². The van der Waals surface area contributed by atoms with Crippen molar-refractivity contribution in [1.82, 2.24) is 0 Å². The topological polar surface area (TPSA) is 38.7 Å². The molecule has 0 fully saturated rings. The lowest BCUT2D eigenvalue weighted by molar-refractivity contribution is 0.0633. The summed E-state index contributed by atoms with van der Waals surface area (Å²) in [6.07, 6.45) is 2.33. The molecule has 2 rings (SSSR count). The molecule has 14 heavy (non-hydrogen) atoms. The van der Waals surface area contributed by atoms with Gasteiger partial charge in [-0.1, -0.05) is 12.1 Å². The number of hydrogen-bond donors (Lipinski definition) is 1. The molecule has 3 heteroatoms. The van der Waals surface area contributed by atoms with Crippen LogP contribution in [0.25, 0.3) is 0 Å². The van der Waals surface area contributed by atoms with Crippen LogP contribution in [0.3, 0.4) is 0 Å². The van der Waals surface area contributed by atoms with Crippen LogP contribution in [-0.2, 0) is 4.74 Å². The van der Waals surface area contributed by atoms with Gasteiger partial charge in [0.15, 0.2) is 6.10 Å². The van der Waals surface area contributed by atoms with Crippen molar-refractivity contribution < 1.29 is 14.6 Å². The summed E-state index contributed by atoms with van der Waals surface area (Å²) in [4.78, 5) is 0. The molecule has 0 bridgehead atoms. The first-order chi connectivity index (χ1) is 6.81. The van der Waals surface area contributed by atoms with Gasteiger partial charge in [-0.25, -0.2) is 0 Å². The Morgan fingerprint density at radius 2 is 2.00 bits per heavy atom. The Labute approximate surface area is 82.6 Å². The molecule has 1 aliphatic rings.